The molecule has 0 amide bonds. The Balaban J connectivity index is 1.61. The fourth-order valence-electron chi connectivity index (χ4n) is 3.39. The van der Waals surface area contributed by atoms with Gasteiger partial charge in [-0.3, -0.25) is 4.68 Å². The number of nitrogens with zero attached hydrogens (tertiary/aromatic N) is 4. The molecule has 32 heavy (non-hydrogen) atoms. The minimum Gasteiger partial charge on any atom is -0.386 e. The van der Waals surface area contributed by atoms with Gasteiger partial charge in [-0.1, -0.05) is 12.1 Å². The molecule has 0 unspecified atom stereocenters. The van der Waals surface area contributed by atoms with Crippen LogP contribution in [0.15, 0.2) is 42.0 Å². The predicted octanol–water partition coefficient (Wildman–Crippen LogP) is 4.95. The smallest absolute Gasteiger partial charge is 0.230 e. The summed E-state index contributed by atoms with van der Waals surface area (Å²) in [6.07, 6.45) is 4.59. The lowest BCUT2D eigenvalue weighted by atomic mass is 9.98. The van der Waals surface area contributed by atoms with Crippen molar-refractivity contribution in [2.45, 2.75) is 39.3 Å². The number of methoxy groups -OCH3 is 1. The lowest BCUT2D eigenvalue weighted by molar-refractivity contribution is 0.0786. The summed E-state index contributed by atoms with van der Waals surface area (Å²) in [6, 6.07) is 7.73. The highest BCUT2D eigenvalue weighted by molar-refractivity contribution is 7.17. The Morgan fingerprint density at radius 3 is 2.81 bits per heavy atom. The van der Waals surface area contributed by atoms with Crippen molar-refractivity contribution in [3.8, 4) is 0 Å². The van der Waals surface area contributed by atoms with Gasteiger partial charge in [-0.2, -0.15) is 10.1 Å². The van der Waals surface area contributed by atoms with Crippen LogP contribution < -0.4 is 10.6 Å². The second-order valence-corrected chi connectivity index (χ2v) is 9.08. The molecule has 4 rings (SSSR count). The monoisotopic (exact) mass is 452 g/mol. The van der Waals surface area contributed by atoms with E-state index in [0.29, 0.717) is 12.6 Å². The van der Waals surface area contributed by atoms with Crippen LogP contribution >= 0.6 is 11.3 Å². The molecule has 9 heteroatoms. The van der Waals surface area contributed by atoms with Crippen molar-refractivity contribution in [3.63, 3.8) is 0 Å². The zero-order valence-corrected chi connectivity index (χ0v) is 19.5. The number of thiophene rings is 1. The Labute approximate surface area is 191 Å². The molecule has 4 aromatic rings. The molecule has 8 nitrogen and oxygen atoms in total. The maximum Gasteiger partial charge on any atom is 0.230 e. The van der Waals surface area contributed by atoms with E-state index in [2.05, 4.69) is 28.0 Å². The fourth-order valence-corrected chi connectivity index (χ4v) is 4.32. The Bertz CT molecular complexity index is 1210. The molecule has 0 saturated heterocycles. The first-order valence-electron chi connectivity index (χ1n) is 10.5. The Kier molecular flexibility index (Phi) is 6.40. The maximum absolute atomic E-state index is 10.4. The molecular formula is C23H28N6O2S. The van der Waals surface area contributed by atoms with Crippen LogP contribution in [-0.2, 0) is 16.9 Å². The van der Waals surface area contributed by atoms with Gasteiger partial charge in [-0.05, 0) is 55.8 Å². The molecule has 0 radical (unpaired) electrons. The third kappa shape index (κ3) is 5.07. The van der Waals surface area contributed by atoms with Crippen molar-refractivity contribution >= 4 is 44.7 Å². The van der Waals surface area contributed by atoms with Gasteiger partial charge in [-0.25, -0.2) is 4.98 Å². The Morgan fingerprint density at radius 1 is 1.19 bits per heavy atom. The topological polar surface area (TPSA) is 97.1 Å². The number of aliphatic hydroxyl groups is 1. The summed E-state index contributed by atoms with van der Waals surface area (Å²) in [5, 5.41) is 24.5. The van der Waals surface area contributed by atoms with Gasteiger partial charge >= 0.3 is 0 Å². The van der Waals surface area contributed by atoms with Crippen molar-refractivity contribution in [2.24, 2.45) is 0 Å². The van der Waals surface area contributed by atoms with Gasteiger partial charge in [0.1, 0.15) is 10.6 Å². The van der Waals surface area contributed by atoms with Gasteiger partial charge in [0.05, 0.1) is 22.9 Å². The van der Waals surface area contributed by atoms with Gasteiger partial charge in [-0.15, -0.1) is 11.3 Å². The highest BCUT2D eigenvalue weighted by Gasteiger charge is 2.17. The zero-order valence-electron chi connectivity index (χ0n) is 18.7. The Hall–Kier alpha value is -3.01. The number of fused-ring (bicyclic) bond motifs is 1. The molecule has 3 aromatic heterocycles. The molecule has 0 spiro atoms. The average Bonchev–Trinajstić information content (AvgIpc) is 3.34. The van der Waals surface area contributed by atoms with Crippen LogP contribution in [0, 0.1) is 6.92 Å². The zero-order chi connectivity index (χ0) is 22.7. The summed E-state index contributed by atoms with van der Waals surface area (Å²) in [5.74, 6) is 1.22. The van der Waals surface area contributed by atoms with E-state index in [4.69, 9.17) is 14.7 Å². The Morgan fingerprint density at radius 2 is 2.03 bits per heavy atom. The van der Waals surface area contributed by atoms with Crippen molar-refractivity contribution in [1.29, 1.82) is 0 Å². The van der Waals surface area contributed by atoms with Crippen LogP contribution in [0.4, 0.5) is 23.1 Å². The van der Waals surface area contributed by atoms with E-state index in [9.17, 15) is 5.11 Å². The van der Waals surface area contributed by atoms with E-state index >= 15 is 0 Å². The molecule has 0 bridgehead atoms. The molecule has 0 aliphatic heterocycles. The number of rotatable bonds is 9. The average molecular weight is 453 g/mol. The molecule has 0 fully saturated rings. The number of nitrogens with one attached hydrogen (secondary N) is 2. The summed E-state index contributed by atoms with van der Waals surface area (Å²) < 4.78 is 6.97. The van der Waals surface area contributed by atoms with Crippen LogP contribution in [0.2, 0.25) is 0 Å². The lowest BCUT2D eigenvalue weighted by Crippen LogP contribution is -2.15. The van der Waals surface area contributed by atoms with Crippen molar-refractivity contribution < 1.29 is 9.84 Å². The van der Waals surface area contributed by atoms with Crippen molar-refractivity contribution in [2.75, 3.05) is 24.4 Å². The molecule has 168 valence electrons. The van der Waals surface area contributed by atoms with Crippen molar-refractivity contribution in [1.82, 2.24) is 19.7 Å². The highest BCUT2D eigenvalue weighted by Crippen LogP contribution is 2.33. The number of hydrogen-bond donors (Lipinski definition) is 3. The number of aromatic nitrogens is 4. The standard InChI is InChI=1S/C23H28N6O2S/c1-15-14-32-21-19(15)20(25-17-8-5-7-16(11-17)23(2,3)30)27-22(28-21)26-18-12-24-29(13-18)9-6-10-31-4/h5,7-8,11-14,30H,6,9-10H2,1-4H3,(H2,25,26,27,28). The normalized spacial score (nSPS) is 11.8. The van der Waals surface area contributed by atoms with Crippen LogP contribution in [-0.4, -0.2) is 38.6 Å². The van der Waals surface area contributed by atoms with Gasteiger partial charge < -0.3 is 20.5 Å². The predicted molar refractivity (Wildman–Crippen MR) is 129 cm³/mol. The van der Waals surface area contributed by atoms with Gasteiger partial charge in [0, 0.05) is 32.1 Å². The number of aryl methyl sites for hydroxylation is 2. The number of benzene rings is 1. The van der Waals surface area contributed by atoms with Crippen molar-refractivity contribution in [3.05, 3.63) is 53.2 Å². The summed E-state index contributed by atoms with van der Waals surface area (Å²) in [7, 11) is 1.70. The molecule has 0 atom stereocenters. The summed E-state index contributed by atoms with van der Waals surface area (Å²) in [5.41, 5.74) is 2.70. The third-order valence-electron chi connectivity index (χ3n) is 5.07. The first kappa shape index (κ1) is 22.2. The number of anilines is 4. The highest BCUT2D eigenvalue weighted by atomic mass is 32.1. The second-order valence-electron chi connectivity index (χ2n) is 8.22. The van der Waals surface area contributed by atoms with Crippen LogP contribution in [0.3, 0.4) is 0 Å². The lowest BCUT2D eigenvalue weighted by Gasteiger charge is -2.19. The fraction of sp³-hybridized carbons (Fsp3) is 0.348. The summed E-state index contributed by atoms with van der Waals surface area (Å²) >= 11 is 1.58. The SMILES string of the molecule is COCCCn1cc(Nc2nc(Nc3cccc(C(C)(C)O)c3)c3c(C)csc3n2)cn1. The number of ether oxygens (including phenoxy) is 1. The third-order valence-corrected chi connectivity index (χ3v) is 6.06. The van der Waals surface area contributed by atoms with Gasteiger partial charge in [0.25, 0.3) is 0 Å². The largest absolute Gasteiger partial charge is 0.386 e. The first-order chi connectivity index (χ1) is 15.3. The van der Waals surface area contributed by atoms with E-state index in [1.54, 1.807) is 38.5 Å². The molecule has 1 aromatic carbocycles. The minimum atomic E-state index is -0.924. The minimum absolute atomic E-state index is 0.497. The summed E-state index contributed by atoms with van der Waals surface area (Å²) in [6.45, 7) is 7.08. The molecular weight excluding hydrogens is 424 g/mol. The van der Waals surface area contributed by atoms with E-state index in [1.807, 2.05) is 35.1 Å². The van der Waals surface area contributed by atoms with E-state index in [0.717, 1.165) is 51.5 Å². The van der Waals surface area contributed by atoms with Crippen LogP contribution in [0.25, 0.3) is 10.2 Å². The first-order valence-corrected chi connectivity index (χ1v) is 11.4. The van der Waals surface area contributed by atoms with Crippen LogP contribution in [0.5, 0.6) is 0 Å². The maximum atomic E-state index is 10.4. The van der Waals surface area contributed by atoms with Gasteiger partial charge in [0.2, 0.25) is 5.95 Å². The van der Waals surface area contributed by atoms with Crippen LogP contribution in [0.1, 0.15) is 31.4 Å². The van der Waals surface area contributed by atoms with Gasteiger partial charge in [0.15, 0.2) is 0 Å². The summed E-state index contributed by atoms with van der Waals surface area (Å²) in [4.78, 5) is 10.3. The second kappa shape index (κ2) is 9.23. The molecule has 0 aliphatic carbocycles. The molecule has 0 aliphatic rings. The number of hydrogen-bond acceptors (Lipinski definition) is 8. The quantitative estimate of drug-likeness (QED) is 0.309. The van der Waals surface area contributed by atoms with E-state index in [-0.39, 0.29) is 0 Å². The molecule has 3 heterocycles. The van der Waals surface area contributed by atoms with E-state index in [1.165, 1.54) is 0 Å². The molecule has 0 saturated carbocycles. The molecule has 3 N–H and O–H groups in total. The van der Waals surface area contributed by atoms with E-state index < -0.39 is 5.60 Å².